The van der Waals surface area contributed by atoms with Gasteiger partial charge in [-0.2, -0.15) is 21.6 Å². The Labute approximate surface area is 142 Å². The van der Waals surface area contributed by atoms with E-state index in [-0.39, 0.29) is 12.3 Å². The second-order valence-electron chi connectivity index (χ2n) is 5.11. The van der Waals surface area contributed by atoms with Crippen LogP contribution >= 0.6 is 11.3 Å². The molecule has 2 aromatic heterocycles. The molecule has 0 fully saturated rings. The number of hydrogen-bond donors (Lipinski definition) is 1. The molecule has 0 atom stereocenters. The van der Waals surface area contributed by atoms with E-state index < -0.39 is 0 Å². The monoisotopic (exact) mass is 338 g/mol. The molecule has 120 valence electrons. The number of rotatable bonds is 6. The average molecular weight is 338 g/mol. The average Bonchev–Trinajstić information content (AvgIpc) is 3.29. The van der Waals surface area contributed by atoms with Crippen LogP contribution in [0.5, 0.6) is 0 Å². The third-order valence-electron chi connectivity index (χ3n) is 3.39. The molecule has 0 radical (unpaired) electrons. The Morgan fingerprint density at radius 1 is 1.29 bits per heavy atom. The van der Waals surface area contributed by atoms with Gasteiger partial charge in [-0.15, -0.1) is 0 Å². The predicted molar refractivity (Wildman–Crippen MR) is 88.9 cm³/mol. The fourth-order valence-electron chi connectivity index (χ4n) is 2.07. The van der Waals surface area contributed by atoms with Crippen molar-refractivity contribution in [3.05, 3.63) is 58.1 Å². The number of aromatic nitrogens is 2. The fraction of sp³-hybridized carbons (Fsp3) is 0.176. The van der Waals surface area contributed by atoms with E-state index in [0.29, 0.717) is 30.2 Å². The van der Waals surface area contributed by atoms with E-state index in [0.717, 1.165) is 11.1 Å². The van der Waals surface area contributed by atoms with Crippen molar-refractivity contribution in [2.75, 3.05) is 0 Å². The van der Waals surface area contributed by atoms with E-state index in [2.05, 4.69) is 21.5 Å². The Bertz CT molecular complexity index is 848. The van der Waals surface area contributed by atoms with Crippen LogP contribution in [-0.2, 0) is 17.8 Å². The minimum Gasteiger partial charge on any atom is -0.352 e. The zero-order chi connectivity index (χ0) is 16.8. The number of carbonyl (C=O) groups excluding carboxylic acids is 1. The van der Waals surface area contributed by atoms with E-state index in [1.54, 1.807) is 23.5 Å². The summed E-state index contributed by atoms with van der Waals surface area (Å²) in [6.07, 6.45) is 0.678. The molecule has 3 rings (SSSR count). The van der Waals surface area contributed by atoms with Gasteiger partial charge in [0.05, 0.1) is 11.6 Å². The highest BCUT2D eigenvalue weighted by molar-refractivity contribution is 7.08. The number of carbonyl (C=O) groups is 1. The van der Waals surface area contributed by atoms with Gasteiger partial charge in [0.25, 0.3) is 0 Å². The van der Waals surface area contributed by atoms with Crippen molar-refractivity contribution in [1.29, 1.82) is 5.26 Å². The zero-order valence-electron chi connectivity index (χ0n) is 12.7. The standard InChI is InChI=1S/C17H14N4O2S/c18-9-12-1-3-13(4-2-12)10-19-15(22)5-6-16-20-17(21-23-16)14-7-8-24-11-14/h1-4,7-8,11H,5-6,10H2,(H,19,22). The van der Waals surface area contributed by atoms with E-state index in [1.165, 1.54) is 0 Å². The van der Waals surface area contributed by atoms with Crippen LogP contribution in [0.15, 0.2) is 45.6 Å². The Kier molecular flexibility index (Phi) is 4.99. The van der Waals surface area contributed by atoms with E-state index >= 15 is 0 Å². The number of hydrogen-bond acceptors (Lipinski definition) is 6. The predicted octanol–water partition coefficient (Wildman–Crippen LogP) is 2.92. The number of nitrogens with one attached hydrogen (secondary N) is 1. The van der Waals surface area contributed by atoms with Crippen molar-refractivity contribution < 1.29 is 9.32 Å². The van der Waals surface area contributed by atoms with Gasteiger partial charge in [-0.1, -0.05) is 17.3 Å². The van der Waals surface area contributed by atoms with Crippen LogP contribution in [0.4, 0.5) is 0 Å². The molecule has 0 aliphatic rings. The molecule has 1 aromatic carbocycles. The Hall–Kier alpha value is -2.98. The van der Waals surface area contributed by atoms with E-state index in [1.807, 2.05) is 29.0 Å². The van der Waals surface area contributed by atoms with Gasteiger partial charge in [0.1, 0.15) is 0 Å². The van der Waals surface area contributed by atoms with Crippen LogP contribution in [0.25, 0.3) is 11.4 Å². The van der Waals surface area contributed by atoms with Gasteiger partial charge < -0.3 is 9.84 Å². The van der Waals surface area contributed by atoms with Gasteiger partial charge in [-0.25, -0.2) is 0 Å². The number of benzene rings is 1. The summed E-state index contributed by atoms with van der Waals surface area (Å²) in [6.45, 7) is 0.425. The van der Waals surface area contributed by atoms with Crippen molar-refractivity contribution in [2.45, 2.75) is 19.4 Å². The maximum atomic E-state index is 11.9. The van der Waals surface area contributed by atoms with Crippen LogP contribution in [0.1, 0.15) is 23.4 Å². The SMILES string of the molecule is N#Cc1ccc(CNC(=O)CCc2nc(-c3ccsc3)no2)cc1. The van der Waals surface area contributed by atoms with Crippen molar-refractivity contribution in [3.63, 3.8) is 0 Å². The molecule has 1 N–H and O–H groups in total. The maximum Gasteiger partial charge on any atom is 0.227 e. The fourth-order valence-corrected chi connectivity index (χ4v) is 2.71. The summed E-state index contributed by atoms with van der Waals surface area (Å²) >= 11 is 1.57. The van der Waals surface area contributed by atoms with Gasteiger partial charge in [-0.05, 0) is 29.1 Å². The van der Waals surface area contributed by atoms with Crippen molar-refractivity contribution in [1.82, 2.24) is 15.5 Å². The molecule has 0 saturated carbocycles. The normalized spacial score (nSPS) is 10.3. The van der Waals surface area contributed by atoms with Crippen molar-refractivity contribution in [3.8, 4) is 17.5 Å². The summed E-state index contributed by atoms with van der Waals surface area (Å²) in [4.78, 5) is 16.2. The summed E-state index contributed by atoms with van der Waals surface area (Å²) < 4.78 is 5.16. The summed E-state index contributed by atoms with van der Waals surface area (Å²) in [7, 11) is 0. The lowest BCUT2D eigenvalue weighted by molar-refractivity contribution is -0.121. The van der Waals surface area contributed by atoms with Gasteiger partial charge >= 0.3 is 0 Å². The second-order valence-corrected chi connectivity index (χ2v) is 5.89. The molecule has 0 bridgehead atoms. The summed E-state index contributed by atoms with van der Waals surface area (Å²) in [5.74, 6) is 0.906. The molecule has 6 nitrogen and oxygen atoms in total. The molecule has 3 aromatic rings. The first kappa shape index (κ1) is 15.9. The molecular weight excluding hydrogens is 324 g/mol. The molecule has 0 unspecified atom stereocenters. The highest BCUT2D eigenvalue weighted by atomic mass is 32.1. The van der Waals surface area contributed by atoms with Crippen molar-refractivity contribution >= 4 is 17.2 Å². The molecule has 0 saturated heterocycles. The van der Waals surface area contributed by atoms with Crippen LogP contribution in [-0.4, -0.2) is 16.0 Å². The van der Waals surface area contributed by atoms with Crippen LogP contribution < -0.4 is 5.32 Å². The number of nitrogens with zero attached hydrogens (tertiary/aromatic N) is 3. The topological polar surface area (TPSA) is 91.8 Å². The van der Waals surface area contributed by atoms with Crippen LogP contribution in [0.3, 0.4) is 0 Å². The minimum absolute atomic E-state index is 0.0883. The van der Waals surface area contributed by atoms with Gasteiger partial charge in [0, 0.05) is 30.3 Å². The first-order chi connectivity index (χ1) is 11.7. The lowest BCUT2D eigenvalue weighted by Crippen LogP contribution is -2.23. The summed E-state index contributed by atoms with van der Waals surface area (Å²) in [5.41, 5.74) is 2.46. The molecule has 0 spiro atoms. The van der Waals surface area contributed by atoms with E-state index in [4.69, 9.17) is 9.78 Å². The highest BCUT2D eigenvalue weighted by Gasteiger charge is 2.10. The summed E-state index contributed by atoms with van der Waals surface area (Å²) in [5, 5.41) is 19.4. The van der Waals surface area contributed by atoms with Gasteiger partial charge in [0.2, 0.25) is 17.6 Å². The quantitative estimate of drug-likeness (QED) is 0.746. The van der Waals surface area contributed by atoms with Crippen molar-refractivity contribution in [2.24, 2.45) is 0 Å². The third-order valence-corrected chi connectivity index (χ3v) is 4.07. The molecule has 2 heterocycles. The molecule has 7 heteroatoms. The zero-order valence-corrected chi connectivity index (χ0v) is 13.5. The number of thiophene rings is 1. The lowest BCUT2D eigenvalue weighted by atomic mass is 10.1. The third kappa shape index (κ3) is 4.06. The first-order valence-corrected chi connectivity index (χ1v) is 8.30. The smallest absolute Gasteiger partial charge is 0.227 e. The largest absolute Gasteiger partial charge is 0.352 e. The van der Waals surface area contributed by atoms with Gasteiger partial charge in [-0.3, -0.25) is 4.79 Å². The lowest BCUT2D eigenvalue weighted by Gasteiger charge is -2.04. The molecular formula is C17H14N4O2S. The maximum absolute atomic E-state index is 11.9. The van der Waals surface area contributed by atoms with Crippen LogP contribution in [0.2, 0.25) is 0 Å². The minimum atomic E-state index is -0.0883. The number of amides is 1. The Balaban J connectivity index is 1.46. The van der Waals surface area contributed by atoms with Gasteiger partial charge in [0.15, 0.2) is 0 Å². The summed E-state index contributed by atoms with van der Waals surface area (Å²) in [6, 6.07) is 11.1. The Morgan fingerprint density at radius 3 is 2.83 bits per heavy atom. The van der Waals surface area contributed by atoms with Crippen LogP contribution in [0, 0.1) is 11.3 Å². The first-order valence-electron chi connectivity index (χ1n) is 7.35. The molecule has 24 heavy (non-hydrogen) atoms. The molecule has 0 aliphatic heterocycles. The Morgan fingerprint density at radius 2 is 2.12 bits per heavy atom. The molecule has 0 aliphatic carbocycles. The highest BCUT2D eigenvalue weighted by Crippen LogP contribution is 2.18. The molecule has 1 amide bonds. The van der Waals surface area contributed by atoms with E-state index in [9.17, 15) is 4.79 Å². The number of nitriles is 1. The number of aryl methyl sites for hydroxylation is 1. The second kappa shape index (κ2) is 7.53.